The van der Waals surface area contributed by atoms with Crippen LogP contribution in [0.5, 0.6) is 0 Å². The Balaban J connectivity index is 1.86. The van der Waals surface area contributed by atoms with Gasteiger partial charge in [0, 0.05) is 59.8 Å². The van der Waals surface area contributed by atoms with Crippen LogP contribution in [0.1, 0.15) is 112 Å². The standard InChI is InChI=1S/C57H85N5O13/c1-34(2)28-44-54(67)72-40(11)51(64)59(13)47(31-37(7)8)57(70)75-49(33-42-20-22-43(23-21-42)62-24-26-71-27-25-62)53(66)61(15)45(29-35(3)4)55(68)73-39(10)50(63)58(12)46(30-36(5)6)56(69)74-48(52(65)60(44)14)32-41-18-16-38(9)17-19-41/h16-23,34-37,39-40,44-49H,24-33H2,1-15H3/t39-,40-,44+,45+,46+,47+,48-,49-/m1/s1. The van der Waals surface area contributed by atoms with Gasteiger partial charge in [-0.25, -0.2) is 19.2 Å². The lowest BCUT2D eigenvalue weighted by Gasteiger charge is -2.35. The Morgan fingerprint density at radius 1 is 0.440 bits per heavy atom. The number of morpholine rings is 1. The van der Waals surface area contributed by atoms with Crippen molar-refractivity contribution in [1.82, 2.24) is 19.6 Å². The maximum absolute atomic E-state index is 14.9. The Labute approximate surface area is 445 Å². The number of carbonyl (C=O) groups is 8. The van der Waals surface area contributed by atoms with Gasteiger partial charge in [-0.2, -0.15) is 0 Å². The second-order valence-electron chi connectivity index (χ2n) is 22.0. The van der Waals surface area contributed by atoms with Gasteiger partial charge in [0.15, 0.2) is 24.4 Å². The van der Waals surface area contributed by atoms with Crippen molar-refractivity contribution >= 4 is 53.2 Å². The monoisotopic (exact) mass is 1050 g/mol. The number of hydrogen-bond donors (Lipinski definition) is 0. The Bertz CT molecular complexity index is 2250. The van der Waals surface area contributed by atoms with Crippen molar-refractivity contribution in [2.75, 3.05) is 59.4 Å². The molecule has 0 aliphatic carbocycles. The second kappa shape index (κ2) is 28.2. The van der Waals surface area contributed by atoms with Crippen LogP contribution in [-0.2, 0) is 74.9 Å². The molecule has 416 valence electrons. The summed E-state index contributed by atoms with van der Waals surface area (Å²) in [7, 11) is 5.60. The molecule has 2 aromatic carbocycles. The van der Waals surface area contributed by atoms with E-state index >= 15 is 0 Å². The van der Waals surface area contributed by atoms with E-state index in [0.29, 0.717) is 37.4 Å². The van der Waals surface area contributed by atoms with Gasteiger partial charge in [0.25, 0.3) is 23.6 Å². The molecule has 0 radical (unpaired) electrons. The molecule has 0 N–H and O–H groups in total. The van der Waals surface area contributed by atoms with Gasteiger partial charge >= 0.3 is 23.9 Å². The molecule has 8 atom stereocenters. The number of likely N-dealkylation sites (N-methyl/N-ethyl adjacent to an activating group) is 4. The number of esters is 4. The predicted octanol–water partition coefficient (Wildman–Crippen LogP) is 5.81. The summed E-state index contributed by atoms with van der Waals surface area (Å²) in [5, 5.41) is 0. The lowest BCUT2D eigenvalue weighted by Crippen LogP contribution is -2.55. The van der Waals surface area contributed by atoms with Crippen LogP contribution in [0.3, 0.4) is 0 Å². The summed E-state index contributed by atoms with van der Waals surface area (Å²) < 4.78 is 29.6. The number of cyclic esters (lactones) is 4. The molecule has 0 unspecified atom stereocenters. The van der Waals surface area contributed by atoms with E-state index < -0.39 is 96.1 Å². The highest BCUT2D eigenvalue weighted by molar-refractivity contribution is 5.94. The van der Waals surface area contributed by atoms with Gasteiger partial charge < -0.3 is 48.2 Å². The largest absolute Gasteiger partial charge is 0.451 e. The molecule has 4 amide bonds. The molecule has 75 heavy (non-hydrogen) atoms. The van der Waals surface area contributed by atoms with Crippen LogP contribution in [0.25, 0.3) is 0 Å². The van der Waals surface area contributed by atoms with Crippen LogP contribution in [0.2, 0.25) is 0 Å². The number of rotatable bonds is 13. The van der Waals surface area contributed by atoms with E-state index in [2.05, 4.69) is 4.90 Å². The average Bonchev–Trinajstić information content (AvgIpc) is 3.36. The molecule has 2 aromatic rings. The topological polar surface area (TPSA) is 199 Å². The first-order chi connectivity index (χ1) is 35.2. The van der Waals surface area contributed by atoms with Crippen molar-refractivity contribution < 1.29 is 62.0 Å². The summed E-state index contributed by atoms with van der Waals surface area (Å²) in [5.41, 5.74) is 3.20. The van der Waals surface area contributed by atoms with Gasteiger partial charge in [0.2, 0.25) is 0 Å². The molecule has 18 heteroatoms. The van der Waals surface area contributed by atoms with E-state index in [1.54, 1.807) is 12.1 Å². The predicted molar refractivity (Wildman–Crippen MR) is 283 cm³/mol. The fourth-order valence-corrected chi connectivity index (χ4v) is 9.30. The van der Waals surface area contributed by atoms with E-state index in [0.717, 1.165) is 21.1 Å². The van der Waals surface area contributed by atoms with Crippen molar-refractivity contribution in [2.45, 2.75) is 163 Å². The Morgan fingerprint density at radius 3 is 1.05 bits per heavy atom. The summed E-state index contributed by atoms with van der Waals surface area (Å²) in [6, 6.07) is 9.77. The average molecular weight is 1050 g/mol. The molecule has 2 fully saturated rings. The number of aryl methyl sites for hydroxylation is 1. The number of hydrogen-bond acceptors (Lipinski definition) is 14. The molecular weight excluding hydrogens is 963 g/mol. The minimum Gasteiger partial charge on any atom is -0.451 e. The minimum absolute atomic E-state index is 0.0860. The normalized spacial score (nSPS) is 25.2. The van der Waals surface area contributed by atoms with Gasteiger partial charge in [0.05, 0.1) is 13.2 Å². The first-order valence-electron chi connectivity index (χ1n) is 26.6. The Morgan fingerprint density at radius 2 is 0.733 bits per heavy atom. The number of anilines is 1. The summed E-state index contributed by atoms with van der Waals surface area (Å²) in [5.74, 6) is -7.21. The molecule has 2 aliphatic heterocycles. The highest BCUT2D eigenvalue weighted by Crippen LogP contribution is 2.25. The van der Waals surface area contributed by atoms with Crippen molar-refractivity contribution in [3.05, 3.63) is 65.2 Å². The first kappa shape index (κ1) is 61.5. The SMILES string of the molecule is Cc1ccc(C[C@H]2OC(=O)[C@H](CC(C)C)N(C)C(=O)[C@@H](C)OC(=O)[C@H](CC(C)C)N(C)C(=O)[C@@H](Cc3ccc(N4CCOCC4)cc3)OC(=O)[C@H](CC(C)C)N(C)C(=O)[C@@H](C)OC(=O)[C@H](CC(C)C)N(C)C2=O)cc1. The van der Waals surface area contributed by atoms with E-state index in [9.17, 15) is 38.4 Å². The summed E-state index contributed by atoms with van der Waals surface area (Å²) in [4.78, 5) is 123. The number of amides is 4. The molecule has 0 aromatic heterocycles. The van der Waals surface area contributed by atoms with Gasteiger partial charge in [-0.05, 0) is 93.4 Å². The van der Waals surface area contributed by atoms with Crippen molar-refractivity contribution in [3.8, 4) is 0 Å². The number of ether oxygens (including phenoxy) is 5. The van der Waals surface area contributed by atoms with Crippen LogP contribution < -0.4 is 4.90 Å². The fraction of sp³-hybridized carbons (Fsp3) is 0.649. The summed E-state index contributed by atoms with van der Waals surface area (Å²) >= 11 is 0. The third-order valence-electron chi connectivity index (χ3n) is 13.8. The van der Waals surface area contributed by atoms with Gasteiger partial charge in [-0.15, -0.1) is 0 Å². The third-order valence-corrected chi connectivity index (χ3v) is 13.8. The Kier molecular flexibility index (Phi) is 23.1. The van der Waals surface area contributed by atoms with Crippen LogP contribution in [-0.4, -0.2) is 170 Å². The van der Waals surface area contributed by atoms with Gasteiger partial charge in [0.1, 0.15) is 24.2 Å². The lowest BCUT2D eigenvalue weighted by molar-refractivity contribution is -0.176. The zero-order chi connectivity index (χ0) is 56.0. The van der Waals surface area contributed by atoms with Crippen LogP contribution in [0.15, 0.2) is 48.5 Å². The molecular formula is C57H85N5O13. The van der Waals surface area contributed by atoms with Gasteiger partial charge in [-0.3, -0.25) is 19.2 Å². The van der Waals surface area contributed by atoms with E-state index in [4.69, 9.17) is 23.7 Å². The highest BCUT2D eigenvalue weighted by atomic mass is 16.6. The molecule has 0 spiro atoms. The lowest BCUT2D eigenvalue weighted by atomic mass is 9.99. The highest BCUT2D eigenvalue weighted by Gasteiger charge is 2.43. The zero-order valence-corrected chi connectivity index (χ0v) is 47.2. The second-order valence-corrected chi connectivity index (χ2v) is 22.0. The molecule has 0 saturated carbocycles. The van der Waals surface area contributed by atoms with E-state index in [-0.39, 0.29) is 62.2 Å². The minimum atomic E-state index is -1.51. The number of benzene rings is 2. The number of nitrogens with zero attached hydrogens (tertiary/aromatic N) is 5. The van der Waals surface area contributed by atoms with Gasteiger partial charge in [-0.1, -0.05) is 97.4 Å². The van der Waals surface area contributed by atoms with Crippen LogP contribution in [0.4, 0.5) is 5.69 Å². The van der Waals surface area contributed by atoms with Crippen LogP contribution in [0, 0.1) is 30.6 Å². The molecule has 0 bridgehead atoms. The van der Waals surface area contributed by atoms with Crippen molar-refractivity contribution in [2.24, 2.45) is 23.7 Å². The van der Waals surface area contributed by atoms with Crippen molar-refractivity contribution in [1.29, 1.82) is 0 Å². The van der Waals surface area contributed by atoms with E-state index in [1.807, 2.05) is 98.7 Å². The maximum atomic E-state index is 14.9. The fourth-order valence-electron chi connectivity index (χ4n) is 9.30. The smallest absolute Gasteiger partial charge is 0.329 e. The van der Waals surface area contributed by atoms with E-state index in [1.165, 1.54) is 51.8 Å². The quantitative estimate of drug-likeness (QED) is 0.172. The summed E-state index contributed by atoms with van der Waals surface area (Å²) in [6.45, 7) is 22.1. The molecule has 18 nitrogen and oxygen atoms in total. The molecule has 2 aliphatic rings. The Hall–Kier alpha value is -6.04. The van der Waals surface area contributed by atoms with Crippen molar-refractivity contribution in [3.63, 3.8) is 0 Å². The first-order valence-corrected chi connectivity index (χ1v) is 26.6. The zero-order valence-electron chi connectivity index (χ0n) is 47.2. The van der Waals surface area contributed by atoms with Crippen LogP contribution >= 0.6 is 0 Å². The molecule has 2 saturated heterocycles. The molecule has 4 rings (SSSR count). The molecule has 2 heterocycles. The number of carbonyl (C=O) groups excluding carboxylic acids is 8. The third kappa shape index (κ3) is 17.5. The summed E-state index contributed by atoms with van der Waals surface area (Å²) in [6.07, 6.45) is -5.70. The maximum Gasteiger partial charge on any atom is 0.329 e.